The Morgan fingerprint density at radius 1 is 1.30 bits per heavy atom. The van der Waals surface area contributed by atoms with Gasteiger partial charge in [0.2, 0.25) is 11.8 Å². The molecule has 2 atom stereocenters. The van der Waals surface area contributed by atoms with Gasteiger partial charge >= 0.3 is 0 Å². The Morgan fingerprint density at radius 3 is 2.87 bits per heavy atom. The van der Waals surface area contributed by atoms with Crippen LogP contribution >= 0.6 is 24.0 Å². The number of amides is 1. The number of rotatable bonds is 5. The summed E-state index contributed by atoms with van der Waals surface area (Å²) in [5.74, 6) is -0.187. The van der Waals surface area contributed by atoms with E-state index in [1.807, 2.05) is 6.07 Å². The first-order valence-corrected chi connectivity index (χ1v) is 9.70. The van der Waals surface area contributed by atoms with Crippen LogP contribution in [0.15, 0.2) is 41.6 Å². The molecule has 2 aliphatic rings. The molecule has 2 aromatic rings. The number of hydrogen-bond donors (Lipinski definition) is 2. The van der Waals surface area contributed by atoms with Gasteiger partial charge in [0, 0.05) is 36.8 Å². The van der Waals surface area contributed by atoms with Gasteiger partial charge in [-0.3, -0.25) is 4.79 Å². The highest BCUT2D eigenvalue weighted by molar-refractivity contribution is 6.30. The maximum Gasteiger partial charge on any atom is 0.246 e. The van der Waals surface area contributed by atoms with E-state index in [0.29, 0.717) is 37.9 Å². The Balaban J connectivity index is 0.00000256. The minimum Gasteiger partial charge on any atom is -0.477 e. The molecular formula is C20H21Cl2FN4O3. The third kappa shape index (κ3) is 5.26. The van der Waals surface area contributed by atoms with E-state index in [1.54, 1.807) is 18.3 Å². The molecule has 3 heterocycles. The number of carbonyl (C=O) groups excluding carboxylic acids is 1. The number of pyridine rings is 1. The van der Waals surface area contributed by atoms with Crippen LogP contribution in [0, 0.1) is 11.7 Å². The Morgan fingerprint density at radius 2 is 2.17 bits per heavy atom. The predicted molar refractivity (Wildman–Crippen MR) is 113 cm³/mol. The first-order chi connectivity index (χ1) is 14.1. The third-order valence-electron chi connectivity index (χ3n) is 4.84. The van der Waals surface area contributed by atoms with Crippen LogP contribution in [-0.2, 0) is 9.53 Å². The van der Waals surface area contributed by atoms with Crippen molar-refractivity contribution >= 4 is 35.6 Å². The highest BCUT2D eigenvalue weighted by atomic mass is 35.5. The van der Waals surface area contributed by atoms with Gasteiger partial charge in [0.25, 0.3) is 0 Å². The van der Waals surface area contributed by atoms with Crippen molar-refractivity contribution in [1.29, 1.82) is 0 Å². The summed E-state index contributed by atoms with van der Waals surface area (Å²) in [7, 11) is 0. The van der Waals surface area contributed by atoms with Gasteiger partial charge < -0.3 is 14.8 Å². The van der Waals surface area contributed by atoms with E-state index in [0.717, 1.165) is 11.1 Å². The fourth-order valence-corrected chi connectivity index (χ4v) is 3.47. The molecule has 2 aliphatic heterocycles. The Kier molecular flexibility index (Phi) is 7.60. The largest absolute Gasteiger partial charge is 0.477 e. The molecule has 2 N–H and O–H groups in total. The van der Waals surface area contributed by atoms with Crippen LogP contribution in [0.3, 0.4) is 0 Å². The monoisotopic (exact) mass is 454 g/mol. The summed E-state index contributed by atoms with van der Waals surface area (Å²) in [6, 6.07) is 8.28. The fraction of sp³-hybridized carbons (Fsp3) is 0.350. The predicted octanol–water partition coefficient (Wildman–Crippen LogP) is 2.88. The van der Waals surface area contributed by atoms with E-state index in [4.69, 9.17) is 21.1 Å². The zero-order valence-electron chi connectivity index (χ0n) is 15.9. The number of ether oxygens (including phenoxy) is 2. The van der Waals surface area contributed by atoms with Gasteiger partial charge in [-0.1, -0.05) is 17.7 Å². The molecule has 0 aliphatic carbocycles. The van der Waals surface area contributed by atoms with Crippen LogP contribution in [0.2, 0.25) is 5.02 Å². The SMILES string of the molecule is Cl.O=C1CC(c2ccc(OC[C@@H]3CNCCO[C@H]3c3ccc(Cl)c(F)c3)nc2)=NN1. The third-order valence-corrected chi connectivity index (χ3v) is 5.15. The summed E-state index contributed by atoms with van der Waals surface area (Å²) < 4.78 is 25.8. The molecule has 1 aromatic carbocycles. The summed E-state index contributed by atoms with van der Waals surface area (Å²) in [4.78, 5) is 15.6. The molecule has 7 nitrogen and oxygen atoms in total. The Labute approximate surface area is 184 Å². The summed E-state index contributed by atoms with van der Waals surface area (Å²) in [6.07, 6.45) is 1.55. The van der Waals surface area contributed by atoms with E-state index in [9.17, 15) is 9.18 Å². The second-order valence-electron chi connectivity index (χ2n) is 6.90. The quantitative estimate of drug-likeness (QED) is 0.725. The van der Waals surface area contributed by atoms with E-state index in [2.05, 4.69) is 20.8 Å². The van der Waals surface area contributed by atoms with Gasteiger partial charge in [0.1, 0.15) is 5.82 Å². The molecule has 30 heavy (non-hydrogen) atoms. The number of carbonyl (C=O) groups is 1. The lowest BCUT2D eigenvalue weighted by Gasteiger charge is -2.25. The zero-order valence-corrected chi connectivity index (χ0v) is 17.5. The summed E-state index contributed by atoms with van der Waals surface area (Å²) in [6.45, 7) is 2.24. The number of hydrazone groups is 1. The molecular weight excluding hydrogens is 434 g/mol. The minimum atomic E-state index is -0.468. The first kappa shape index (κ1) is 22.4. The molecule has 160 valence electrons. The number of benzene rings is 1. The van der Waals surface area contributed by atoms with Crippen molar-refractivity contribution in [3.63, 3.8) is 0 Å². The van der Waals surface area contributed by atoms with Crippen molar-refractivity contribution in [3.05, 3.63) is 58.5 Å². The Hall–Kier alpha value is -2.26. The standard InChI is InChI=1S/C20H20ClFN4O3.ClH/c21-15-3-1-12(7-16(15)22)20-14(9-23-5-6-28-20)11-29-19-4-2-13(10-24-19)17-8-18(27)26-25-17;/h1-4,7,10,14,20,23H,5-6,8-9,11H2,(H,26,27);1H/t14-,20-;/m0./s1. The molecule has 0 spiro atoms. The molecule has 1 amide bonds. The van der Waals surface area contributed by atoms with E-state index in [1.165, 1.54) is 12.1 Å². The minimum absolute atomic E-state index is 0. The number of aromatic nitrogens is 1. The van der Waals surface area contributed by atoms with Gasteiger partial charge in [-0.15, -0.1) is 12.4 Å². The molecule has 0 unspecified atom stereocenters. The highest BCUT2D eigenvalue weighted by Gasteiger charge is 2.27. The average Bonchev–Trinajstić information content (AvgIpc) is 3.02. The second-order valence-corrected chi connectivity index (χ2v) is 7.30. The van der Waals surface area contributed by atoms with E-state index < -0.39 is 5.82 Å². The van der Waals surface area contributed by atoms with Crippen molar-refractivity contribution in [2.24, 2.45) is 11.0 Å². The van der Waals surface area contributed by atoms with E-state index in [-0.39, 0.29) is 41.8 Å². The van der Waals surface area contributed by atoms with Crippen molar-refractivity contribution in [1.82, 2.24) is 15.7 Å². The normalized spacial score (nSPS) is 21.3. The molecule has 4 rings (SSSR count). The lowest BCUT2D eigenvalue weighted by Crippen LogP contribution is -2.29. The lowest BCUT2D eigenvalue weighted by atomic mass is 9.96. The summed E-state index contributed by atoms with van der Waals surface area (Å²) >= 11 is 5.81. The maximum atomic E-state index is 13.9. The molecule has 1 fully saturated rings. The number of nitrogens with zero attached hydrogens (tertiary/aromatic N) is 2. The molecule has 0 bridgehead atoms. The van der Waals surface area contributed by atoms with Gasteiger partial charge in [0.05, 0.1) is 36.5 Å². The van der Waals surface area contributed by atoms with Crippen LogP contribution in [0.25, 0.3) is 0 Å². The van der Waals surface area contributed by atoms with Crippen LogP contribution in [0.4, 0.5) is 4.39 Å². The second kappa shape index (κ2) is 10.2. The number of hydrogen-bond acceptors (Lipinski definition) is 6. The van der Waals surface area contributed by atoms with Crippen LogP contribution < -0.4 is 15.5 Å². The van der Waals surface area contributed by atoms with Gasteiger partial charge in [-0.05, 0) is 23.8 Å². The van der Waals surface area contributed by atoms with Crippen LogP contribution in [0.5, 0.6) is 5.88 Å². The van der Waals surface area contributed by atoms with Crippen molar-refractivity contribution in [2.45, 2.75) is 12.5 Å². The molecule has 0 saturated carbocycles. The highest BCUT2D eigenvalue weighted by Crippen LogP contribution is 2.30. The topological polar surface area (TPSA) is 84.8 Å². The Bertz CT molecular complexity index is 927. The molecule has 0 radical (unpaired) electrons. The van der Waals surface area contributed by atoms with Crippen molar-refractivity contribution < 1.29 is 18.7 Å². The molecule has 10 heteroatoms. The van der Waals surface area contributed by atoms with Gasteiger partial charge in [-0.25, -0.2) is 14.8 Å². The first-order valence-electron chi connectivity index (χ1n) is 9.32. The van der Waals surface area contributed by atoms with Crippen LogP contribution in [0.1, 0.15) is 23.7 Å². The smallest absolute Gasteiger partial charge is 0.246 e. The molecule has 1 saturated heterocycles. The number of halogens is 3. The summed E-state index contributed by atoms with van der Waals surface area (Å²) in [5, 5.41) is 7.37. The van der Waals surface area contributed by atoms with Crippen molar-refractivity contribution in [3.8, 4) is 5.88 Å². The zero-order chi connectivity index (χ0) is 20.2. The van der Waals surface area contributed by atoms with Crippen LogP contribution in [-0.4, -0.2) is 42.9 Å². The van der Waals surface area contributed by atoms with E-state index >= 15 is 0 Å². The summed E-state index contributed by atoms with van der Waals surface area (Å²) in [5.41, 5.74) is 4.57. The van der Waals surface area contributed by atoms with Gasteiger partial charge in [-0.2, -0.15) is 5.10 Å². The maximum absolute atomic E-state index is 13.9. The lowest BCUT2D eigenvalue weighted by molar-refractivity contribution is -0.119. The fourth-order valence-electron chi connectivity index (χ4n) is 3.35. The number of nitrogens with one attached hydrogen (secondary N) is 2. The average molecular weight is 455 g/mol. The van der Waals surface area contributed by atoms with Gasteiger partial charge in [0.15, 0.2) is 0 Å². The molecule has 1 aromatic heterocycles. The van der Waals surface area contributed by atoms with Crippen molar-refractivity contribution in [2.75, 3.05) is 26.3 Å².